The molecule has 0 bridgehead atoms. The normalized spacial score (nSPS) is 13.9. The lowest BCUT2D eigenvalue weighted by Crippen LogP contribution is -2.46. The van der Waals surface area contributed by atoms with E-state index in [1.54, 1.807) is 0 Å². The minimum Gasteiger partial charge on any atom is -0.391 e. The van der Waals surface area contributed by atoms with Crippen molar-refractivity contribution in [2.24, 2.45) is 0 Å². The van der Waals surface area contributed by atoms with E-state index in [1.807, 2.05) is 21.1 Å². The summed E-state index contributed by atoms with van der Waals surface area (Å²) < 4.78 is 23.8. The minimum absolute atomic E-state index is 0.0767. The van der Waals surface area contributed by atoms with Crippen molar-refractivity contribution >= 4 is 13.7 Å². The average Bonchev–Trinajstić information content (AvgIpc) is 3.31. The van der Waals surface area contributed by atoms with Crippen LogP contribution in [0.25, 0.3) is 0 Å². The van der Waals surface area contributed by atoms with Gasteiger partial charge >= 0.3 is 7.82 Å². The summed E-state index contributed by atoms with van der Waals surface area (Å²) in [4.78, 5) is 23.4. The molecule has 0 radical (unpaired) electrons. The van der Waals surface area contributed by atoms with Crippen molar-refractivity contribution in [3.05, 3.63) is 12.2 Å². The van der Waals surface area contributed by atoms with Crippen molar-refractivity contribution in [2.75, 3.05) is 40.9 Å². The smallest absolute Gasteiger partial charge is 0.391 e. The predicted molar refractivity (Wildman–Crippen MR) is 300 cm³/mol. The van der Waals surface area contributed by atoms with Gasteiger partial charge in [0.1, 0.15) is 13.2 Å². The molecule has 0 saturated heterocycles. The molecule has 9 heteroatoms. The first-order chi connectivity index (χ1) is 33.5. The molecule has 0 aliphatic rings. The topological polar surface area (TPSA) is 105 Å². The van der Waals surface area contributed by atoms with Gasteiger partial charge in [0.25, 0.3) is 0 Å². The van der Waals surface area contributed by atoms with Crippen LogP contribution in [0.5, 0.6) is 0 Å². The van der Waals surface area contributed by atoms with Gasteiger partial charge in [0, 0.05) is 6.42 Å². The third-order valence-electron chi connectivity index (χ3n) is 14.3. The Bertz CT molecular complexity index is 1130. The quantitative estimate of drug-likeness (QED) is 0.0243. The number of carbonyl (C=O) groups is 1. The molecular weight excluding hydrogens is 876 g/mol. The standard InChI is InChI=1S/C60H121N2O6P/c1-6-8-10-12-14-16-18-20-22-24-26-28-30-32-34-36-38-40-42-44-46-48-50-52-54-60(64)61-58(57-68-69(65,66)67-56-55-62(3,4)5)59(63)53-51-49-47-45-43-41-39-37-35-33-31-29-27-25-23-21-19-17-15-13-11-9-7-2/h32,34,58-59,63H,6-31,33,35-57H2,1-5H3,(H-,61,64,65,66)/p+1/b34-32-. The number of aliphatic hydroxyl groups is 1. The maximum absolute atomic E-state index is 13.0. The highest BCUT2D eigenvalue weighted by Crippen LogP contribution is 2.43. The first-order valence-electron chi connectivity index (χ1n) is 30.6. The van der Waals surface area contributed by atoms with Crippen LogP contribution in [0.15, 0.2) is 12.2 Å². The second kappa shape index (κ2) is 52.1. The number of nitrogens with one attached hydrogen (secondary N) is 1. The third kappa shape index (κ3) is 54.8. The molecule has 0 aliphatic heterocycles. The van der Waals surface area contributed by atoms with Gasteiger partial charge in [-0.1, -0.05) is 283 Å². The molecule has 0 fully saturated rings. The number of rotatable bonds is 57. The molecule has 69 heavy (non-hydrogen) atoms. The van der Waals surface area contributed by atoms with Crippen molar-refractivity contribution in [2.45, 2.75) is 328 Å². The average molecular weight is 999 g/mol. The second-order valence-corrected chi connectivity index (χ2v) is 23.9. The zero-order valence-corrected chi connectivity index (χ0v) is 48.0. The number of quaternary nitrogens is 1. The van der Waals surface area contributed by atoms with E-state index in [-0.39, 0.29) is 19.1 Å². The van der Waals surface area contributed by atoms with Gasteiger partial charge in [0.15, 0.2) is 0 Å². The highest BCUT2D eigenvalue weighted by atomic mass is 31.2. The number of likely N-dealkylation sites (N-methyl/N-ethyl adjacent to an activating group) is 1. The highest BCUT2D eigenvalue weighted by molar-refractivity contribution is 7.47. The fourth-order valence-electron chi connectivity index (χ4n) is 9.46. The lowest BCUT2D eigenvalue weighted by molar-refractivity contribution is -0.870. The van der Waals surface area contributed by atoms with Crippen LogP contribution < -0.4 is 5.32 Å². The van der Waals surface area contributed by atoms with Crippen molar-refractivity contribution in [3.8, 4) is 0 Å². The van der Waals surface area contributed by atoms with E-state index in [2.05, 4.69) is 31.3 Å². The van der Waals surface area contributed by atoms with Crippen LogP contribution in [0, 0.1) is 0 Å². The van der Waals surface area contributed by atoms with Crippen molar-refractivity contribution in [1.82, 2.24) is 5.32 Å². The van der Waals surface area contributed by atoms with Gasteiger partial charge in [-0.3, -0.25) is 13.8 Å². The Hall–Kier alpha value is -0.760. The third-order valence-corrected chi connectivity index (χ3v) is 15.2. The van der Waals surface area contributed by atoms with Gasteiger partial charge < -0.3 is 19.8 Å². The summed E-state index contributed by atoms with van der Waals surface area (Å²) in [5, 5.41) is 14.1. The Kier molecular flexibility index (Phi) is 51.5. The number of phosphoric acid groups is 1. The van der Waals surface area contributed by atoms with Crippen molar-refractivity contribution < 1.29 is 32.9 Å². The van der Waals surface area contributed by atoms with Gasteiger partial charge in [0.05, 0.1) is 39.9 Å². The van der Waals surface area contributed by atoms with Crippen molar-refractivity contribution in [3.63, 3.8) is 0 Å². The van der Waals surface area contributed by atoms with E-state index in [0.717, 1.165) is 38.5 Å². The van der Waals surface area contributed by atoms with E-state index >= 15 is 0 Å². The van der Waals surface area contributed by atoms with Gasteiger partial charge in [-0.25, -0.2) is 4.57 Å². The Labute approximate surface area is 431 Å². The number of carbonyl (C=O) groups excluding carboxylic acids is 1. The van der Waals surface area contributed by atoms with Gasteiger partial charge in [-0.05, 0) is 38.5 Å². The molecule has 0 aromatic heterocycles. The molecule has 0 aliphatic carbocycles. The molecule has 412 valence electrons. The number of nitrogens with zero attached hydrogens (tertiary/aromatic N) is 1. The molecule has 3 N–H and O–H groups in total. The summed E-state index contributed by atoms with van der Waals surface area (Å²) in [6.07, 6.45) is 64.2. The second-order valence-electron chi connectivity index (χ2n) is 22.4. The number of hydrogen-bond donors (Lipinski definition) is 3. The monoisotopic (exact) mass is 998 g/mol. The maximum Gasteiger partial charge on any atom is 0.472 e. The number of allylic oxidation sites excluding steroid dienone is 2. The van der Waals surface area contributed by atoms with Crippen LogP contribution in [-0.2, 0) is 18.4 Å². The molecule has 0 rings (SSSR count). The first-order valence-corrected chi connectivity index (χ1v) is 32.0. The molecule has 1 amide bonds. The van der Waals surface area contributed by atoms with E-state index in [1.165, 1.54) is 250 Å². The number of hydrogen-bond acceptors (Lipinski definition) is 5. The van der Waals surface area contributed by atoms with Crippen molar-refractivity contribution in [1.29, 1.82) is 0 Å². The van der Waals surface area contributed by atoms with E-state index < -0.39 is 20.0 Å². The summed E-state index contributed by atoms with van der Waals surface area (Å²) in [6.45, 7) is 4.94. The summed E-state index contributed by atoms with van der Waals surface area (Å²) >= 11 is 0. The zero-order valence-electron chi connectivity index (χ0n) is 47.1. The first kappa shape index (κ1) is 68.2. The highest BCUT2D eigenvalue weighted by Gasteiger charge is 2.28. The fourth-order valence-corrected chi connectivity index (χ4v) is 10.2. The molecule has 3 unspecified atom stereocenters. The summed E-state index contributed by atoms with van der Waals surface area (Å²) in [5.41, 5.74) is 0. The maximum atomic E-state index is 13.0. The summed E-state index contributed by atoms with van der Waals surface area (Å²) in [6, 6.07) is -0.760. The lowest BCUT2D eigenvalue weighted by Gasteiger charge is -2.26. The van der Waals surface area contributed by atoms with Gasteiger partial charge in [-0.2, -0.15) is 0 Å². The van der Waals surface area contributed by atoms with Gasteiger partial charge in [0.2, 0.25) is 5.91 Å². The SMILES string of the molecule is CCCCCCCCCCCCCC/C=C\CCCCCCCCCCC(=O)NC(COP(=O)(O)OCC[N+](C)(C)C)C(O)CCCCCCCCCCCCCCCCCCCCCCCCC. The minimum atomic E-state index is -4.32. The predicted octanol–water partition coefficient (Wildman–Crippen LogP) is 18.6. The molecule has 0 heterocycles. The largest absolute Gasteiger partial charge is 0.472 e. The lowest BCUT2D eigenvalue weighted by atomic mass is 10.0. The Balaban J connectivity index is 4.12. The Morgan fingerprint density at radius 2 is 0.783 bits per heavy atom. The number of aliphatic hydroxyl groups excluding tert-OH is 1. The van der Waals surface area contributed by atoms with Crippen LogP contribution in [0.1, 0.15) is 316 Å². The van der Waals surface area contributed by atoms with E-state index in [4.69, 9.17) is 9.05 Å². The molecule has 0 saturated carbocycles. The Morgan fingerprint density at radius 1 is 0.478 bits per heavy atom. The number of amides is 1. The fraction of sp³-hybridized carbons (Fsp3) is 0.950. The molecule has 0 aromatic carbocycles. The number of phosphoric ester groups is 1. The number of unbranched alkanes of at least 4 members (excludes halogenated alkanes) is 42. The van der Waals surface area contributed by atoms with Crippen LogP contribution in [0.4, 0.5) is 0 Å². The van der Waals surface area contributed by atoms with Crippen LogP contribution in [0.2, 0.25) is 0 Å². The van der Waals surface area contributed by atoms with E-state index in [0.29, 0.717) is 23.9 Å². The molecule has 3 atom stereocenters. The summed E-state index contributed by atoms with van der Waals surface area (Å²) in [7, 11) is 1.63. The van der Waals surface area contributed by atoms with Crippen LogP contribution in [0.3, 0.4) is 0 Å². The Morgan fingerprint density at radius 3 is 1.12 bits per heavy atom. The van der Waals surface area contributed by atoms with E-state index in [9.17, 15) is 19.4 Å². The molecule has 0 spiro atoms. The molecule has 8 nitrogen and oxygen atoms in total. The van der Waals surface area contributed by atoms with Gasteiger partial charge in [-0.15, -0.1) is 0 Å². The van der Waals surface area contributed by atoms with Crippen LogP contribution in [-0.4, -0.2) is 73.4 Å². The van der Waals surface area contributed by atoms with Crippen LogP contribution >= 0.6 is 7.82 Å². The summed E-state index contributed by atoms with van der Waals surface area (Å²) in [5.74, 6) is -0.141. The molecular formula is C60H122N2O6P+. The molecule has 0 aromatic rings. The zero-order chi connectivity index (χ0) is 50.6.